The minimum Gasteiger partial charge on any atom is -0.345 e. The maximum Gasteiger partial charge on any atom is 0.238 e. The van der Waals surface area contributed by atoms with Crippen molar-refractivity contribution in [2.24, 2.45) is 5.92 Å². The number of Topliss-reactive ketones (excluding diaryl/α,β-unsaturated/α-hetero) is 1. The molecule has 2 aliphatic rings. The van der Waals surface area contributed by atoms with E-state index in [1.165, 1.54) is 19.3 Å². The third kappa shape index (κ3) is 3.90. The van der Waals surface area contributed by atoms with Crippen LogP contribution in [0.1, 0.15) is 51.9 Å². The molecule has 1 saturated carbocycles. The maximum atomic E-state index is 12.3. The SMILES string of the molecule is CC(=O)[C@@H](NC(=O)[C@@H]1CCCN1I)C1CCCCC1. The van der Waals surface area contributed by atoms with Crippen LogP contribution in [0, 0.1) is 5.92 Å². The average molecular weight is 378 g/mol. The molecular weight excluding hydrogens is 355 g/mol. The van der Waals surface area contributed by atoms with Crippen LogP contribution < -0.4 is 5.32 Å². The summed E-state index contributed by atoms with van der Waals surface area (Å²) >= 11 is 2.22. The van der Waals surface area contributed by atoms with E-state index >= 15 is 0 Å². The number of hydrogen-bond acceptors (Lipinski definition) is 3. The van der Waals surface area contributed by atoms with Gasteiger partial charge >= 0.3 is 0 Å². The first-order chi connectivity index (χ1) is 9.09. The Bertz CT molecular complexity index is 342. The first kappa shape index (κ1) is 15.2. The van der Waals surface area contributed by atoms with Crippen LogP contribution in [-0.2, 0) is 9.59 Å². The van der Waals surface area contributed by atoms with Crippen LogP contribution >= 0.6 is 22.9 Å². The number of halogens is 1. The summed E-state index contributed by atoms with van der Waals surface area (Å²) < 4.78 is 2.06. The van der Waals surface area contributed by atoms with Gasteiger partial charge < -0.3 is 5.32 Å². The molecule has 1 saturated heterocycles. The summed E-state index contributed by atoms with van der Waals surface area (Å²) in [6, 6.07) is -0.316. The topological polar surface area (TPSA) is 49.4 Å². The van der Waals surface area contributed by atoms with E-state index in [-0.39, 0.29) is 23.8 Å². The van der Waals surface area contributed by atoms with Gasteiger partial charge in [0.2, 0.25) is 5.91 Å². The molecule has 1 heterocycles. The van der Waals surface area contributed by atoms with Gasteiger partial charge in [-0.1, -0.05) is 19.3 Å². The van der Waals surface area contributed by atoms with Crippen LogP contribution in [0.2, 0.25) is 0 Å². The summed E-state index contributed by atoms with van der Waals surface area (Å²) in [5.74, 6) is 0.496. The molecule has 0 bridgehead atoms. The summed E-state index contributed by atoms with van der Waals surface area (Å²) in [7, 11) is 0. The highest BCUT2D eigenvalue weighted by molar-refractivity contribution is 14.1. The molecule has 1 aliphatic heterocycles. The lowest BCUT2D eigenvalue weighted by Gasteiger charge is -2.30. The first-order valence-corrected chi connectivity index (χ1v) is 8.29. The van der Waals surface area contributed by atoms with Crippen molar-refractivity contribution in [2.75, 3.05) is 6.54 Å². The molecule has 0 aromatic heterocycles. The first-order valence-electron chi connectivity index (χ1n) is 7.33. The third-order valence-electron chi connectivity index (χ3n) is 4.35. The number of amides is 1. The molecule has 1 amide bonds. The van der Waals surface area contributed by atoms with Gasteiger partial charge in [-0.05, 0) is 38.5 Å². The Morgan fingerprint density at radius 1 is 1.16 bits per heavy atom. The molecule has 2 fully saturated rings. The van der Waals surface area contributed by atoms with Gasteiger partial charge in [-0.25, -0.2) is 3.11 Å². The lowest BCUT2D eigenvalue weighted by molar-refractivity contribution is -0.130. The lowest BCUT2D eigenvalue weighted by atomic mass is 9.82. The third-order valence-corrected chi connectivity index (χ3v) is 5.50. The Morgan fingerprint density at radius 2 is 1.84 bits per heavy atom. The van der Waals surface area contributed by atoms with Crippen molar-refractivity contribution in [1.29, 1.82) is 0 Å². The second-order valence-electron chi connectivity index (χ2n) is 5.78. The van der Waals surface area contributed by atoms with Crippen molar-refractivity contribution in [3.63, 3.8) is 0 Å². The smallest absolute Gasteiger partial charge is 0.238 e. The van der Waals surface area contributed by atoms with E-state index in [0.717, 1.165) is 32.2 Å². The number of nitrogens with zero attached hydrogens (tertiary/aromatic N) is 1. The van der Waals surface area contributed by atoms with Crippen molar-refractivity contribution < 1.29 is 9.59 Å². The predicted octanol–water partition coefficient (Wildman–Crippen LogP) is 2.45. The van der Waals surface area contributed by atoms with E-state index in [1.807, 2.05) is 0 Å². The average Bonchev–Trinajstić information content (AvgIpc) is 2.82. The summed E-state index contributed by atoms with van der Waals surface area (Å²) in [6.07, 6.45) is 7.75. The van der Waals surface area contributed by atoms with E-state index in [0.29, 0.717) is 5.92 Å². The fourth-order valence-electron chi connectivity index (χ4n) is 3.26. The Morgan fingerprint density at radius 3 is 2.37 bits per heavy atom. The van der Waals surface area contributed by atoms with Crippen molar-refractivity contribution in [3.8, 4) is 0 Å². The summed E-state index contributed by atoms with van der Waals surface area (Å²) in [6.45, 7) is 2.57. The van der Waals surface area contributed by atoms with Crippen molar-refractivity contribution in [1.82, 2.24) is 8.43 Å². The van der Waals surface area contributed by atoms with Crippen LogP contribution in [0.15, 0.2) is 0 Å². The van der Waals surface area contributed by atoms with E-state index in [1.54, 1.807) is 6.92 Å². The standard InChI is InChI=1S/C14H23IN2O2/c1-10(18)13(11-6-3-2-4-7-11)16-14(19)12-8-5-9-17(12)15/h11-13H,2-9H2,1H3,(H,16,19)/t12-,13+/m0/s1. The second-order valence-corrected chi connectivity index (χ2v) is 7.02. The van der Waals surface area contributed by atoms with Crippen LogP contribution in [0.3, 0.4) is 0 Å². The van der Waals surface area contributed by atoms with Crippen LogP contribution in [0.4, 0.5) is 0 Å². The highest BCUT2D eigenvalue weighted by atomic mass is 127. The van der Waals surface area contributed by atoms with E-state index < -0.39 is 0 Å². The van der Waals surface area contributed by atoms with Gasteiger partial charge in [0.15, 0.2) is 5.78 Å². The quantitative estimate of drug-likeness (QED) is 0.604. The Labute approximate surface area is 129 Å². The highest BCUT2D eigenvalue weighted by Crippen LogP contribution is 2.28. The van der Waals surface area contributed by atoms with Gasteiger partial charge in [0.25, 0.3) is 0 Å². The minimum atomic E-state index is -0.266. The van der Waals surface area contributed by atoms with Gasteiger partial charge in [0.1, 0.15) is 0 Å². The molecule has 4 nitrogen and oxygen atoms in total. The number of nitrogens with one attached hydrogen (secondary N) is 1. The summed E-state index contributed by atoms with van der Waals surface area (Å²) in [5.41, 5.74) is 0. The van der Waals surface area contributed by atoms with Crippen molar-refractivity contribution >= 4 is 34.6 Å². The molecule has 0 aromatic carbocycles. The second kappa shape index (κ2) is 7.02. The molecule has 5 heteroatoms. The fourth-order valence-corrected chi connectivity index (χ4v) is 4.13. The fraction of sp³-hybridized carbons (Fsp3) is 0.857. The van der Waals surface area contributed by atoms with Gasteiger partial charge in [0, 0.05) is 29.4 Å². The predicted molar refractivity (Wildman–Crippen MR) is 82.9 cm³/mol. The van der Waals surface area contributed by atoms with Crippen LogP contribution in [0.5, 0.6) is 0 Å². The maximum absolute atomic E-state index is 12.3. The Balaban J connectivity index is 1.95. The van der Waals surface area contributed by atoms with Gasteiger partial charge in [-0.15, -0.1) is 0 Å². The van der Waals surface area contributed by atoms with Crippen molar-refractivity contribution in [2.45, 2.75) is 64.0 Å². The van der Waals surface area contributed by atoms with Gasteiger partial charge in [0.05, 0.1) is 12.1 Å². The molecule has 1 N–H and O–H groups in total. The van der Waals surface area contributed by atoms with E-state index in [9.17, 15) is 9.59 Å². The number of rotatable bonds is 4. The largest absolute Gasteiger partial charge is 0.345 e. The van der Waals surface area contributed by atoms with E-state index in [2.05, 4.69) is 31.3 Å². The normalized spacial score (nSPS) is 27.2. The number of carbonyl (C=O) groups excluding carboxylic acids is 2. The molecule has 108 valence electrons. The lowest BCUT2D eigenvalue weighted by Crippen LogP contribution is -2.50. The number of carbonyl (C=O) groups is 2. The van der Waals surface area contributed by atoms with Crippen molar-refractivity contribution in [3.05, 3.63) is 0 Å². The molecule has 2 rings (SSSR count). The molecule has 0 aromatic rings. The summed E-state index contributed by atoms with van der Waals surface area (Å²) in [4.78, 5) is 24.1. The monoisotopic (exact) mass is 378 g/mol. The zero-order valence-corrected chi connectivity index (χ0v) is 13.7. The van der Waals surface area contributed by atoms with E-state index in [4.69, 9.17) is 0 Å². The molecule has 0 unspecified atom stereocenters. The zero-order valence-electron chi connectivity index (χ0n) is 11.5. The minimum absolute atomic E-state index is 0.0395. The van der Waals surface area contributed by atoms with Gasteiger partial charge in [-0.3, -0.25) is 9.59 Å². The van der Waals surface area contributed by atoms with Gasteiger partial charge in [-0.2, -0.15) is 0 Å². The van der Waals surface area contributed by atoms with Crippen LogP contribution in [-0.4, -0.2) is 33.4 Å². The highest BCUT2D eigenvalue weighted by Gasteiger charge is 2.34. The number of hydrogen-bond donors (Lipinski definition) is 1. The molecular formula is C14H23IN2O2. The number of ketones is 1. The van der Waals surface area contributed by atoms with Crippen LogP contribution in [0.25, 0.3) is 0 Å². The molecule has 0 spiro atoms. The molecule has 1 aliphatic carbocycles. The Hall–Kier alpha value is -0.170. The molecule has 2 atom stereocenters. The summed E-state index contributed by atoms with van der Waals surface area (Å²) in [5, 5.41) is 3.02. The molecule has 19 heavy (non-hydrogen) atoms. The molecule has 0 radical (unpaired) electrons. The zero-order chi connectivity index (χ0) is 13.8. The Kier molecular flexibility index (Phi) is 5.62.